The van der Waals surface area contributed by atoms with Gasteiger partial charge < -0.3 is 5.43 Å². The van der Waals surface area contributed by atoms with E-state index in [1.165, 1.54) is 6.20 Å². The van der Waals surface area contributed by atoms with Crippen LogP contribution in [0.3, 0.4) is 0 Å². The first-order chi connectivity index (χ1) is 8.10. The number of benzene rings is 1. The Balaban J connectivity index is 2.79. The summed E-state index contributed by atoms with van der Waals surface area (Å²) in [5.41, 5.74) is 5.63. The van der Waals surface area contributed by atoms with Crippen molar-refractivity contribution in [3.8, 4) is 12.1 Å². The number of anilines is 1. The minimum absolute atomic E-state index is 0.0753. The average molecular weight is 288 g/mol. The van der Waals surface area contributed by atoms with Gasteiger partial charge in [-0.15, -0.1) is 0 Å². The fraction of sp³-hybridized carbons (Fsp3) is 0. The topological polar surface area (TPSA) is 71.6 Å². The van der Waals surface area contributed by atoms with E-state index in [0.717, 1.165) is 0 Å². The number of hydrogen-bond donors (Lipinski definition) is 2. The predicted molar refractivity (Wildman–Crippen MR) is 67.5 cm³/mol. The molecule has 0 heterocycles. The number of halogens is 3. The maximum Gasteiger partial charge on any atom is 0.147 e. The van der Waals surface area contributed by atoms with Gasteiger partial charge in [-0.25, -0.2) is 0 Å². The monoisotopic (exact) mass is 286 g/mol. The SMILES string of the molecule is N#CC(C#N)=CNNc1ccc(Cl)c(Cl)c1Cl. The number of hydrazine groups is 1. The molecule has 0 aliphatic carbocycles. The van der Waals surface area contributed by atoms with Gasteiger partial charge >= 0.3 is 0 Å². The van der Waals surface area contributed by atoms with Crippen LogP contribution in [0, 0.1) is 22.7 Å². The first kappa shape index (κ1) is 13.5. The third kappa shape index (κ3) is 3.44. The zero-order valence-corrected chi connectivity index (χ0v) is 10.5. The zero-order valence-electron chi connectivity index (χ0n) is 8.26. The molecule has 0 aliphatic rings. The van der Waals surface area contributed by atoms with E-state index in [-0.39, 0.29) is 15.6 Å². The van der Waals surface area contributed by atoms with Crippen LogP contribution in [0.25, 0.3) is 0 Å². The lowest BCUT2D eigenvalue weighted by Crippen LogP contribution is -2.15. The van der Waals surface area contributed by atoms with Crippen molar-refractivity contribution in [2.75, 3.05) is 5.43 Å². The summed E-state index contributed by atoms with van der Waals surface area (Å²) in [6, 6.07) is 6.56. The molecule has 7 heteroatoms. The van der Waals surface area contributed by atoms with Crippen LogP contribution < -0.4 is 10.9 Å². The molecule has 0 spiro atoms. The number of nitrogens with zero attached hydrogens (tertiary/aromatic N) is 2. The second-order valence-electron chi connectivity index (χ2n) is 2.77. The lowest BCUT2D eigenvalue weighted by molar-refractivity contribution is 1.05. The second-order valence-corrected chi connectivity index (χ2v) is 3.94. The van der Waals surface area contributed by atoms with E-state index >= 15 is 0 Å². The lowest BCUT2D eigenvalue weighted by Gasteiger charge is -2.09. The van der Waals surface area contributed by atoms with Crippen molar-refractivity contribution >= 4 is 40.5 Å². The molecule has 86 valence electrons. The van der Waals surface area contributed by atoms with Crippen LogP contribution >= 0.6 is 34.8 Å². The Labute approximate surface area is 113 Å². The third-order valence-electron chi connectivity index (χ3n) is 1.70. The molecule has 0 fully saturated rings. The molecule has 0 saturated heterocycles. The van der Waals surface area contributed by atoms with E-state index in [9.17, 15) is 0 Å². The molecular formula is C10H5Cl3N4. The largest absolute Gasteiger partial charge is 0.306 e. The van der Waals surface area contributed by atoms with Crippen LogP contribution in [0.4, 0.5) is 5.69 Å². The molecular weight excluding hydrogens is 282 g/mol. The van der Waals surface area contributed by atoms with Gasteiger partial charge in [0.1, 0.15) is 17.7 Å². The van der Waals surface area contributed by atoms with Crippen molar-refractivity contribution in [1.29, 1.82) is 10.5 Å². The van der Waals surface area contributed by atoms with Crippen molar-refractivity contribution in [3.63, 3.8) is 0 Å². The van der Waals surface area contributed by atoms with E-state index in [0.29, 0.717) is 10.7 Å². The van der Waals surface area contributed by atoms with Gasteiger partial charge in [-0.05, 0) is 12.1 Å². The van der Waals surface area contributed by atoms with Crippen molar-refractivity contribution in [3.05, 3.63) is 39.0 Å². The summed E-state index contributed by atoms with van der Waals surface area (Å²) in [6.07, 6.45) is 1.21. The van der Waals surface area contributed by atoms with Gasteiger partial charge in [0.2, 0.25) is 0 Å². The Morgan fingerprint density at radius 1 is 1.12 bits per heavy atom. The minimum Gasteiger partial charge on any atom is -0.306 e. The molecule has 1 aromatic rings. The van der Waals surface area contributed by atoms with Gasteiger partial charge in [0, 0.05) is 6.20 Å². The highest BCUT2D eigenvalue weighted by Gasteiger charge is 2.07. The average Bonchev–Trinajstić information content (AvgIpc) is 2.34. The summed E-state index contributed by atoms with van der Waals surface area (Å²) in [4.78, 5) is 0. The molecule has 2 N–H and O–H groups in total. The van der Waals surface area contributed by atoms with E-state index in [4.69, 9.17) is 45.3 Å². The summed E-state index contributed by atoms with van der Waals surface area (Å²) in [7, 11) is 0. The first-order valence-corrected chi connectivity index (χ1v) is 5.39. The normalized spacial score (nSPS) is 8.76. The van der Waals surface area contributed by atoms with E-state index in [1.54, 1.807) is 24.3 Å². The van der Waals surface area contributed by atoms with Crippen LogP contribution in [0.1, 0.15) is 0 Å². The zero-order chi connectivity index (χ0) is 12.8. The molecule has 0 amide bonds. The van der Waals surface area contributed by atoms with Crippen molar-refractivity contribution in [2.45, 2.75) is 0 Å². The highest BCUT2D eigenvalue weighted by atomic mass is 35.5. The summed E-state index contributed by atoms with van der Waals surface area (Å²) in [5.74, 6) is 0. The van der Waals surface area contributed by atoms with Crippen LogP contribution in [0.2, 0.25) is 15.1 Å². The maximum atomic E-state index is 8.49. The van der Waals surface area contributed by atoms with Gasteiger partial charge in [-0.3, -0.25) is 5.43 Å². The lowest BCUT2D eigenvalue weighted by atomic mass is 10.3. The fourth-order valence-corrected chi connectivity index (χ4v) is 1.48. The van der Waals surface area contributed by atoms with E-state index in [1.807, 2.05) is 0 Å². The summed E-state index contributed by atoms with van der Waals surface area (Å²) < 4.78 is 0. The van der Waals surface area contributed by atoms with Crippen LogP contribution in [0.15, 0.2) is 23.9 Å². The third-order valence-corrected chi connectivity index (χ3v) is 2.99. The smallest absolute Gasteiger partial charge is 0.147 e. The highest BCUT2D eigenvalue weighted by molar-refractivity contribution is 6.49. The van der Waals surface area contributed by atoms with Crippen LogP contribution in [0.5, 0.6) is 0 Å². The Hall–Kier alpha value is -1.59. The maximum absolute atomic E-state index is 8.49. The molecule has 0 radical (unpaired) electrons. The molecule has 0 saturated carbocycles. The minimum atomic E-state index is -0.0753. The van der Waals surface area contributed by atoms with Gasteiger partial charge in [0.15, 0.2) is 0 Å². The van der Waals surface area contributed by atoms with Crippen molar-refractivity contribution < 1.29 is 0 Å². The molecule has 1 rings (SSSR count). The number of hydrogen-bond acceptors (Lipinski definition) is 4. The van der Waals surface area contributed by atoms with Crippen molar-refractivity contribution in [1.82, 2.24) is 5.43 Å². The van der Waals surface area contributed by atoms with Gasteiger partial charge in [0.25, 0.3) is 0 Å². The molecule has 0 unspecified atom stereocenters. The Morgan fingerprint density at radius 2 is 1.76 bits per heavy atom. The molecule has 4 nitrogen and oxygen atoms in total. The highest BCUT2D eigenvalue weighted by Crippen LogP contribution is 2.35. The van der Waals surface area contributed by atoms with E-state index in [2.05, 4.69) is 10.9 Å². The predicted octanol–water partition coefficient (Wildman–Crippen LogP) is 3.49. The van der Waals surface area contributed by atoms with Gasteiger partial charge in [-0.1, -0.05) is 34.8 Å². The first-order valence-electron chi connectivity index (χ1n) is 4.25. The van der Waals surface area contributed by atoms with Crippen LogP contribution in [-0.4, -0.2) is 0 Å². The Morgan fingerprint density at radius 3 is 2.35 bits per heavy atom. The molecule has 17 heavy (non-hydrogen) atoms. The van der Waals surface area contributed by atoms with Crippen molar-refractivity contribution in [2.24, 2.45) is 0 Å². The molecule has 0 bridgehead atoms. The number of allylic oxidation sites excluding steroid dienone is 1. The molecule has 0 aromatic heterocycles. The fourth-order valence-electron chi connectivity index (χ4n) is 0.898. The summed E-state index contributed by atoms with van der Waals surface area (Å²) in [6.45, 7) is 0. The molecule has 1 aromatic carbocycles. The second kappa shape index (κ2) is 6.22. The number of nitriles is 2. The number of nitrogens with one attached hydrogen (secondary N) is 2. The summed E-state index contributed by atoms with van der Waals surface area (Å²) >= 11 is 17.5. The van der Waals surface area contributed by atoms with Crippen LogP contribution in [-0.2, 0) is 0 Å². The Kier molecular flexibility index (Phi) is 4.93. The molecule has 0 aliphatic heterocycles. The standard InChI is InChI=1S/C10H5Cl3N4/c11-7-1-2-8(10(13)9(7)12)17-16-5-6(3-14)4-15/h1-2,5,16-17H. The number of rotatable bonds is 3. The molecule has 0 atom stereocenters. The Bertz CT molecular complexity index is 524. The van der Waals surface area contributed by atoms with E-state index < -0.39 is 0 Å². The van der Waals surface area contributed by atoms with Gasteiger partial charge in [0.05, 0.1) is 20.8 Å². The summed E-state index contributed by atoms with van der Waals surface area (Å²) in [5, 5.41) is 17.8. The quantitative estimate of drug-likeness (QED) is 0.507. The van der Waals surface area contributed by atoms with Gasteiger partial charge in [-0.2, -0.15) is 10.5 Å².